The highest BCUT2D eigenvalue weighted by atomic mass is 16.6. The minimum atomic E-state index is -0.809. The van der Waals surface area contributed by atoms with Gasteiger partial charge in [-0.1, -0.05) is 0 Å². The number of methoxy groups -OCH3 is 1. The summed E-state index contributed by atoms with van der Waals surface area (Å²) in [5, 5.41) is 0. The molecule has 0 aromatic heterocycles. The number of urea groups is 1. The second kappa shape index (κ2) is 6.67. The molecule has 1 heterocycles. The molecule has 0 unspecified atom stereocenters. The van der Waals surface area contributed by atoms with Crippen LogP contribution in [-0.4, -0.2) is 29.6 Å². The number of rotatable bonds is 3. The fourth-order valence-electron chi connectivity index (χ4n) is 3.43. The van der Waals surface area contributed by atoms with Gasteiger partial charge < -0.3 is 20.1 Å². The number of hydrogen-bond donors (Lipinski definition) is 1. The third kappa shape index (κ3) is 3.63. The van der Waals surface area contributed by atoms with Crippen molar-refractivity contribution in [3.05, 3.63) is 33.4 Å². The van der Waals surface area contributed by atoms with Crippen LogP contribution in [0.2, 0.25) is 0 Å². The van der Waals surface area contributed by atoms with E-state index >= 15 is 0 Å². The topological polar surface area (TPSA) is 81.9 Å². The van der Waals surface area contributed by atoms with E-state index in [1.54, 1.807) is 4.90 Å². The highest BCUT2D eigenvalue weighted by Gasteiger charge is 2.35. The first-order chi connectivity index (χ1) is 11.5. The quantitative estimate of drug-likeness (QED) is 0.851. The normalized spacial score (nSPS) is 15.1. The largest absolute Gasteiger partial charge is 0.467 e. The van der Waals surface area contributed by atoms with Gasteiger partial charge in [0.2, 0.25) is 0 Å². The molecule has 0 radical (unpaired) electrons. The average Bonchev–Trinajstić information content (AvgIpc) is 2.96. The lowest BCUT2D eigenvalue weighted by Gasteiger charge is -2.29. The minimum Gasteiger partial charge on any atom is -0.467 e. The summed E-state index contributed by atoms with van der Waals surface area (Å²) in [6.07, 6.45) is -0.809. The molecule has 2 N–H and O–H groups in total. The first-order valence-electron chi connectivity index (χ1n) is 8.39. The smallest absolute Gasteiger partial charge is 0.339 e. The van der Waals surface area contributed by atoms with Crippen molar-refractivity contribution in [3.8, 4) is 0 Å². The van der Waals surface area contributed by atoms with E-state index in [1.807, 2.05) is 41.5 Å². The zero-order valence-corrected chi connectivity index (χ0v) is 16.1. The van der Waals surface area contributed by atoms with E-state index < -0.39 is 23.7 Å². The first kappa shape index (κ1) is 19.2. The van der Waals surface area contributed by atoms with Crippen LogP contribution < -0.4 is 5.73 Å². The third-order valence-electron chi connectivity index (χ3n) is 4.80. The van der Waals surface area contributed by atoms with Crippen LogP contribution >= 0.6 is 0 Å². The molecule has 1 aliphatic heterocycles. The predicted molar refractivity (Wildman–Crippen MR) is 95.1 cm³/mol. The van der Waals surface area contributed by atoms with Gasteiger partial charge in [-0.2, -0.15) is 0 Å². The van der Waals surface area contributed by atoms with Crippen LogP contribution in [0, 0.1) is 20.8 Å². The molecule has 2 rings (SSSR count). The maximum absolute atomic E-state index is 12.4. The van der Waals surface area contributed by atoms with Crippen molar-refractivity contribution in [2.75, 3.05) is 7.11 Å². The lowest BCUT2D eigenvalue weighted by Crippen LogP contribution is -2.30. The Labute approximate surface area is 149 Å². The number of carbonyl (C=O) groups excluding carboxylic acids is 2. The third-order valence-corrected chi connectivity index (χ3v) is 4.80. The summed E-state index contributed by atoms with van der Waals surface area (Å²) in [7, 11) is 1.36. The predicted octanol–water partition coefficient (Wildman–Crippen LogP) is 3.04. The van der Waals surface area contributed by atoms with Crippen LogP contribution in [0.3, 0.4) is 0 Å². The molecule has 0 fully saturated rings. The Kier molecular flexibility index (Phi) is 5.14. The van der Waals surface area contributed by atoms with Gasteiger partial charge in [0.15, 0.2) is 6.10 Å². The number of hydrogen-bond acceptors (Lipinski definition) is 4. The zero-order chi connectivity index (χ0) is 19.1. The van der Waals surface area contributed by atoms with Gasteiger partial charge in [-0.3, -0.25) is 0 Å². The average molecular weight is 348 g/mol. The molecule has 6 nitrogen and oxygen atoms in total. The standard InChI is InChI=1S/C19H28N2O4/c1-10-11(2)15(16(17(22)24-7)25-19(4,5)6)12(3)14-9-21(18(20)23)8-13(10)14/h16H,8-9H2,1-7H3,(H2,20,23)/t16-/m0/s1. The molecule has 25 heavy (non-hydrogen) atoms. The number of amides is 2. The van der Waals surface area contributed by atoms with Gasteiger partial charge in [0.25, 0.3) is 0 Å². The van der Waals surface area contributed by atoms with Crippen molar-refractivity contribution in [1.29, 1.82) is 0 Å². The molecular weight excluding hydrogens is 320 g/mol. The van der Waals surface area contributed by atoms with E-state index in [-0.39, 0.29) is 0 Å². The Hall–Kier alpha value is -2.08. The van der Waals surface area contributed by atoms with Gasteiger partial charge in [0, 0.05) is 13.1 Å². The highest BCUT2D eigenvalue weighted by Crippen LogP contribution is 2.38. The number of nitrogens with zero attached hydrogens (tertiary/aromatic N) is 1. The summed E-state index contributed by atoms with van der Waals surface area (Å²) in [5.74, 6) is -0.426. The molecule has 138 valence electrons. The molecule has 0 saturated heterocycles. The number of esters is 1. The second-order valence-electron chi connectivity index (χ2n) is 7.57. The summed E-state index contributed by atoms with van der Waals surface area (Å²) in [5.41, 5.74) is 10.9. The van der Waals surface area contributed by atoms with E-state index in [4.69, 9.17) is 15.2 Å². The molecule has 2 amide bonds. The molecule has 0 spiro atoms. The Bertz CT molecular complexity index is 719. The van der Waals surface area contributed by atoms with E-state index in [0.29, 0.717) is 13.1 Å². The fraction of sp³-hybridized carbons (Fsp3) is 0.579. The Morgan fingerprint density at radius 3 is 2.00 bits per heavy atom. The van der Waals surface area contributed by atoms with Gasteiger partial charge in [-0.25, -0.2) is 9.59 Å². The van der Waals surface area contributed by atoms with Crippen LogP contribution in [0.25, 0.3) is 0 Å². The summed E-state index contributed by atoms with van der Waals surface area (Å²) in [6, 6.07) is -0.440. The Morgan fingerprint density at radius 1 is 1.04 bits per heavy atom. The van der Waals surface area contributed by atoms with Crippen molar-refractivity contribution >= 4 is 12.0 Å². The van der Waals surface area contributed by atoms with Crippen molar-refractivity contribution in [1.82, 2.24) is 4.90 Å². The first-order valence-corrected chi connectivity index (χ1v) is 8.39. The van der Waals surface area contributed by atoms with Gasteiger partial charge >= 0.3 is 12.0 Å². The molecule has 6 heteroatoms. The van der Waals surface area contributed by atoms with Gasteiger partial charge in [0.1, 0.15) is 0 Å². The van der Waals surface area contributed by atoms with Crippen LogP contribution in [0.4, 0.5) is 4.79 Å². The second-order valence-corrected chi connectivity index (χ2v) is 7.57. The maximum atomic E-state index is 12.4. The Balaban J connectivity index is 2.62. The SMILES string of the molecule is COC(=O)[C@@H](OC(C)(C)C)c1c(C)c(C)c2c(c1C)CN(C(N)=O)C2. The summed E-state index contributed by atoms with van der Waals surface area (Å²) in [6.45, 7) is 12.6. The minimum absolute atomic E-state index is 0.426. The number of primary amides is 1. The molecular formula is C19H28N2O4. The van der Waals surface area contributed by atoms with Gasteiger partial charge in [-0.15, -0.1) is 0 Å². The molecule has 1 atom stereocenters. The number of ether oxygens (including phenoxy) is 2. The van der Waals surface area contributed by atoms with E-state index in [2.05, 4.69) is 0 Å². The van der Waals surface area contributed by atoms with Crippen molar-refractivity contribution in [3.63, 3.8) is 0 Å². The molecule has 1 aromatic rings. The summed E-state index contributed by atoms with van der Waals surface area (Å²) < 4.78 is 11.0. The summed E-state index contributed by atoms with van der Waals surface area (Å²) >= 11 is 0. The van der Waals surface area contributed by atoms with Gasteiger partial charge in [-0.05, 0) is 74.9 Å². The van der Waals surface area contributed by atoms with E-state index in [1.165, 1.54) is 7.11 Å². The summed E-state index contributed by atoms with van der Waals surface area (Å²) in [4.78, 5) is 25.6. The van der Waals surface area contributed by atoms with E-state index in [9.17, 15) is 9.59 Å². The molecule has 0 saturated carbocycles. The molecule has 1 aromatic carbocycles. The number of nitrogens with two attached hydrogens (primary N) is 1. The zero-order valence-electron chi connectivity index (χ0n) is 16.1. The number of fused-ring (bicyclic) bond motifs is 1. The van der Waals surface area contributed by atoms with Crippen LogP contribution in [0.5, 0.6) is 0 Å². The maximum Gasteiger partial charge on any atom is 0.339 e. The van der Waals surface area contributed by atoms with Crippen molar-refractivity contribution in [2.24, 2.45) is 5.73 Å². The lowest BCUT2D eigenvalue weighted by atomic mass is 9.87. The number of benzene rings is 1. The highest BCUT2D eigenvalue weighted by molar-refractivity contribution is 5.79. The fourth-order valence-corrected chi connectivity index (χ4v) is 3.43. The molecule has 0 bridgehead atoms. The van der Waals surface area contributed by atoms with Gasteiger partial charge in [0.05, 0.1) is 12.7 Å². The monoisotopic (exact) mass is 348 g/mol. The van der Waals surface area contributed by atoms with Crippen molar-refractivity contribution in [2.45, 2.75) is 66.3 Å². The molecule has 1 aliphatic rings. The Morgan fingerprint density at radius 2 is 1.56 bits per heavy atom. The number of carbonyl (C=O) groups is 2. The van der Waals surface area contributed by atoms with Crippen LogP contribution in [0.1, 0.15) is 60.3 Å². The van der Waals surface area contributed by atoms with E-state index in [0.717, 1.165) is 33.4 Å². The van der Waals surface area contributed by atoms with Crippen molar-refractivity contribution < 1.29 is 19.1 Å². The van der Waals surface area contributed by atoms with Crippen LogP contribution in [0.15, 0.2) is 0 Å². The lowest BCUT2D eigenvalue weighted by molar-refractivity contribution is -0.164. The molecule has 0 aliphatic carbocycles. The van der Waals surface area contributed by atoms with Crippen LogP contribution in [-0.2, 0) is 27.4 Å².